The van der Waals surface area contributed by atoms with E-state index in [0.717, 1.165) is 18.4 Å². The van der Waals surface area contributed by atoms with Crippen LogP contribution in [0.15, 0.2) is 41.2 Å². The highest BCUT2D eigenvalue weighted by Crippen LogP contribution is 2.22. The molecule has 5 nitrogen and oxygen atoms in total. The highest BCUT2D eigenvalue weighted by molar-refractivity contribution is 6.35. The van der Waals surface area contributed by atoms with Gasteiger partial charge in [-0.25, -0.2) is 0 Å². The number of carbonyl (C=O) groups excluding carboxylic acids is 2. The van der Waals surface area contributed by atoms with Crippen molar-refractivity contribution in [1.29, 1.82) is 0 Å². The maximum Gasteiger partial charge on any atom is 0.257 e. The number of nitrogens with one attached hydrogen (secondary N) is 1. The van der Waals surface area contributed by atoms with Gasteiger partial charge in [-0.1, -0.05) is 29.3 Å². The van der Waals surface area contributed by atoms with E-state index in [1.807, 2.05) is 6.07 Å². The average molecular weight is 395 g/mol. The molecule has 1 fully saturated rings. The normalized spacial score (nSPS) is 15.1. The summed E-state index contributed by atoms with van der Waals surface area (Å²) in [5.41, 5.74) is 1.47. The van der Waals surface area contributed by atoms with Gasteiger partial charge in [-0.3, -0.25) is 9.59 Å². The molecule has 1 aliphatic rings. The Hall–Kier alpha value is -1.98. The van der Waals surface area contributed by atoms with Crippen molar-refractivity contribution in [2.24, 2.45) is 0 Å². The third-order valence-corrected chi connectivity index (χ3v) is 5.14. The summed E-state index contributed by atoms with van der Waals surface area (Å²) in [7, 11) is 0. The average Bonchev–Trinajstić information content (AvgIpc) is 3.16. The van der Waals surface area contributed by atoms with Crippen LogP contribution < -0.4 is 5.32 Å². The Morgan fingerprint density at radius 3 is 2.62 bits per heavy atom. The number of nitrogens with zero attached hydrogens (tertiary/aromatic N) is 1. The van der Waals surface area contributed by atoms with Gasteiger partial charge in [0.2, 0.25) is 5.91 Å². The van der Waals surface area contributed by atoms with Crippen LogP contribution in [0.4, 0.5) is 0 Å². The van der Waals surface area contributed by atoms with E-state index in [4.69, 9.17) is 27.6 Å². The number of likely N-dealkylation sites (tertiary alicyclic amines) is 1. The second-order valence-corrected chi connectivity index (χ2v) is 7.23. The molecule has 0 bridgehead atoms. The second kappa shape index (κ2) is 8.60. The number of furan rings is 1. The minimum atomic E-state index is -0.0269. The van der Waals surface area contributed by atoms with Crippen molar-refractivity contribution >= 4 is 35.0 Å². The maximum atomic E-state index is 12.3. The first-order valence-corrected chi connectivity index (χ1v) is 9.33. The van der Waals surface area contributed by atoms with Crippen LogP contribution in [0, 0.1) is 0 Å². The van der Waals surface area contributed by atoms with Crippen molar-refractivity contribution in [3.05, 3.63) is 58.0 Å². The molecule has 0 spiro atoms. The fraction of sp³-hybridized carbons (Fsp3) is 0.368. The summed E-state index contributed by atoms with van der Waals surface area (Å²) in [5.74, 6) is -0.0310. The van der Waals surface area contributed by atoms with Crippen LogP contribution in [-0.2, 0) is 11.2 Å². The molecule has 0 aliphatic carbocycles. The van der Waals surface area contributed by atoms with E-state index >= 15 is 0 Å². The molecule has 1 aromatic carbocycles. The molecule has 2 amide bonds. The SMILES string of the molecule is O=C(CCc1ccc(Cl)cc1Cl)NC1CCN(C(=O)c2ccoc2)CC1. The van der Waals surface area contributed by atoms with Gasteiger partial charge in [0.25, 0.3) is 5.91 Å². The van der Waals surface area contributed by atoms with Crippen LogP contribution in [0.2, 0.25) is 10.0 Å². The van der Waals surface area contributed by atoms with Crippen LogP contribution in [0.3, 0.4) is 0 Å². The van der Waals surface area contributed by atoms with E-state index in [2.05, 4.69) is 5.32 Å². The lowest BCUT2D eigenvalue weighted by Gasteiger charge is -2.32. The van der Waals surface area contributed by atoms with Crippen molar-refractivity contribution < 1.29 is 14.0 Å². The molecule has 138 valence electrons. The number of piperidine rings is 1. The summed E-state index contributed by atoms with van der Waals surface area (Å²) in [4.78, 5) is 26.2. The van der Waals surface area contributed by atoms with Crippen molar-refractivity contribution in [1.82, 2.24) is 10.2 Å². The Morgan fingerprint density at radius 2 is 1.96 bits per heavy atom. The van der Waals surface area contributed by atoms with Crippen molar-refractivity contribution in [3.63, 3.8) is 0 Å². The Morgan fingerprint density at radius 1 is 1.19 bits per heavy atom. The third-order valence-electron chi connectivity index (χ3n) is 4.55. The van der Waals surface area contributed by atoms with Gasteiger partial charge in [0.05, 0.1) is 11.8 Å². The standard InChI is InChI=1S/C19H20Cl2N2O3/c20-15-3-1-13(17(21)11-15)2-4-18(24)22-16-5-8-23(9-6-16)19(25)14-7-10-26-12-14/h1,3,7,10-12,16H,2,4-6,8-9H2,(H,22,24). The number of amides is 2. The second-order valence-electron chi connectivity index (χ2n) is 6.38. The van der Waals surface area contributed by atoms with Crippen LogP contribution in [-0.4, -0.2) is 35.8 Å². The molecule has 2 aromatic rings. The maximum absolute atomic E-state index is 12.3. The van der Waals surface area contributed by atoms with Gasteiger partial charge in [0, 0.05) is 35.6 Å². The molecule has 26 heavy (non-hydrogen) atoms. The first-order valence-electron chi connectivity index (χ1n) is 8.57. The number of aryl methyl sites for hydroxylation is 1. The fourth-order valence-corrected chi connectivity index (χ4v) is 3.57. The summed E-state index contributed by atoms with van der Waals surface area (Å²) in [6.45, 7) is 1.25. The highest BCUT2D eigenvalue weighted by atomic mass is 35.5. The number of hydrogen-bond acceptors (Lipinski definition) is 3. The lowest BCUT2D eigenvalue weighted by atomic mass is 10.0. The van der Waals surface area contributed by atoms with E-state index in [0.29, 0.717) is 41.5 Å². The van der Waals surface area contributed by atoms with E-state index in [-0.39, 0.29) is 17.9 Å². The minimum absolute atomic E-state index is 0.00405. The quantitative estimate of drug-likeness (QED) is 0.834. The number of rotatable bonds is 5. The molecule has 0 atom stereocenters. The molecule has 1 aliphatic heterocycles. The van der Waals surface area contributed by atoms with E-state index < -0.39 is 0 Å². The number of benzene rings is 1. The van der Waals surface area contributed by atoms with Gasteiger partial charge in [-0.05, 0) is 43.0 Å². The summed E-state index contributed by atoms with van der Waals surface area (Å²) in [6, 6.07) is 7.06. The molecule has 0 unspecified atom stereocenters. The van der Waals surface area contributed by atoms with Crippen LogP contribution >= 0.6 is 23.2 Å². The molecule has 1 saturated heterocycles. The zero-order valence-corrected chi connectivity index (χ0v) is 15.7. The van der Waals surface area contributed by atoms with E-state index in [1.54, 1.807) is 23.1 Å². The lowest BCUT2D eigenvalue weighted by Crippen LogP contribution is -2.46. The summed E-state index contributed by atoms with van der Waals surface area (Å²) >= 11 is 12.0. The van der Waals surface area contributed by atoms with Gasteiger partial charge in [0.15, 0.2) is 0 Å². The Kier molecular flexibility index (Phi) is 6.22. The van der Waals surface area contributed by atoms with Gasteiger partial charge >= 0.3 is 0 Å². The van der Waals surface area contributed by atoms with E-state index in [9.17, 15) is 9.59 Å². The topological polar surface area (TPSA) is 62.6 Å². The Balaban J connectivity index is 1.42. The number of halogens is 2. The molecule has 1 N–H and O–H groups in total. The predicted molar refractivity (Wildman–Crippen MR) is 101 cm³/mol. The first kappa shape index (κ1) is 18.8. The highest BCUT2D eigenvalue weighted by Gasteiger charge is 2.25. The van der Waals surface area contributed by atoms with Crippen LogP contribution in [0.5, 0.6) is 0 Å². The fourth-order valence-electron chi connectivity index (χ4n) is 3.07. The molecule has 0 saturated carbocycles. The summed E-state index contributed by atoms with van der Waals surface area (Å²) in [6.07, 6.45) is 5.38. The van der Waals surface area contributed by atoms with Crippen molar-refractivity contribution in [3.8, 4) is 0 Å². The minimum Gasteiger partial charge on any atom is -0.472 e. The van der Waals surface area contributed by atoms with Gasteiger partial charge in [0.1, 0.15) is 6.26 Å². The molecule has 3 rings (SSSR count). The van der Waals surface area contributed by atoms with Gasteiger partial charge in [-0.15, -0.1) is 0 Å². The van der Waals surface area contributed by atoms with Crippen LogP contribution in [0.1, 0.15) is 35.2 Å². The van der Waals surface area contributed by atoms with Crippen molar-refractivity contribution in [2.45, 2.75) is 31.7 Å². The van der Waals surface area contributed by atoms with Gasteiger partial charge < -0.3 is 14.6 Å². The summed E-state index contributed by atoms with van der Waals surface area (Å²) in [5, 5.41) is 4.21. The molecule has 7 heteroatoms. The Labute approximate surface area is 162 Å². The molecular weight excluding hydrogens is 375 g/mol. The monoisotopic (exact) mass is 394 g/mol. The zero-order chi connectivity index (χ0) is 18.5. The largest absolute Gasteiger partial charge is 0.472 e. The number of carbonyl (C=O) groups is 2. The third kappa shape index (κ3) is 4.80. The first-order chi connectivity index (χ1) is 12.5. The zero-order valence-electron chi connectivity index (χ0n) is 14.2. The molecular formula is C19H20Cl2N2O3. The number of hydrogen-bond donors (Lipinski definition) is 1. The Bertz CT molecular complexity index is 769. The molecule has 1 aromatic heterocycles. The van der Waals surface area contributed by atoms with Gasteiger partial charge in [-0.2, -0.15) is 0 Å². The smallest absolute Gasteiger partial charge is 0.257 e. The molecule has 2 heterocycles. The van der Waals surface area contributed by atoms with E-state index in [1.165, 1.54) is 12.5 Å². The predicted octanol–water partition coefficient (Wildman–Crippen LogP) is 3.94. The van der Waals surface area contributed by atoms with Crippen LogP contribution in [0.25, 0.3) is 0 Å². The molecule has 0 radical (unpaired) electrons. The van der Waals surface area contributed by atoms with Crippen molar-refractivity contribution in [2.75, 3.05) is 13.1 Å². The summed E-state index contributed by atoms with van der Waals surface area (Å²) < 4.78 is 4.96. The lowest BCUT2D eigenvalue weighted by molar-refractivity contribution is -0.122.